The van der Waals surface area contributed by atoms with Gasteiger partial charge >= 0.3 is 0 Å². The topological polar surface area (TPSA) is 94.5 Å². The number of carbonyl (C=O) groups is 2. The number of para-hydroxylation sites is 1. The third-order valence-electron chi connectivity index (χ3n) is 6.97. The normalized spacial score (nSPS) is 22.1. The highest BCUT2D eigenvalue weighted by Crippen LogP contribution is 2.32. The van der Waals surface area contributed by atoms with E-state index in [9.17, 15) is 14.0 Å². The first-order valence-corrected chi connectivity index (χ1v) is 11.7. The molecule has 0 spiro atoms. The van der Waals surface area contributed by atoms with Crippen LogP contribution in [0.4, 0.5) is 4.39 Å². The molecule has 180 valence electrons. The third-order valence-corrected chi connectivity index (χ3v) is 6.97. The van der Waals surface area contributed by atoms with Gasteiger partial charge < -0.3 is 15.4 Å². The highest BCUT2D eigenvalue weighted by Gasteiger charge is 2.42. The van der Waals surface area contributed by atoms with Crippen molar-refractivity contribution in [2.45, 2.75) is 58.2 Å². The fourth-order valence-electron chi connectivity index (χ4n) is 4.76. The van der Waals surface area contributed by atoms with Crippen molar-refractivity contribution in [2.75, 3.05) is 6.61 Å². The van der Waals surface area contributed by atoms with Gasteiger partial charge in [-0.2, -0.15) is 0 Å². The van der Waals surface area contributed by atoms with E-state index in [1.807, 2.05) is 45.0 Å². The number of ether oxygens (including phenoxy) is 1. The lowest BCUT2D eigenvalue weighted by Crippen LogP contribution is -2.63. The Balaban J connectivity index is 1.50. The standard InChI is InChI=1S/C26H31FN4O3/c1-4-26(16(2)3)14-23(32)31(25(28)30-26)15-17-11-18(13-19(27)12-17)24(33)29-21-9-10-34-22-8-6-5-7-20(21)22/h5-8,11-13,16,21H,4,9-10,14-15H2,1-3H3,(H2,28,30)(H,29,33)/t21-,26+/m0/s1. The fraction of sp³-hybridized carbons (Fsp3) is 0.423. The summed E-state index contributed by atoms with van der Waals surface area (Å²) in [6.07, 6.45) is 1.59. The van der Waals surface area contributed by atoms with Crippen molar-refractivity contribution >= 4 is 17.8 Å². The lowest BCUT2D eigenvalue weighted by atomic mass is 9.79. The molecule has 7 nitrogen and oxygen atoms in total. The van der Waals surface area contributed by atoms with E-state index in [1.54, 1.807) is 6.07 Å². The Morgan fingerprint density at radius 2 is 2.09 bits per heavy atom. The van der Waals surface area contributed by atoms with Gasteiger partial charge in [0, 0.05) is 17.5 Å². The smallest absolute Gasteiger partial charge is 0.251 e. The summed E-state index contributed by atoms with van der Waals surface area (Å²) in [6.45, 7) is 6.55. The summed E-state index contributed by atoms with van der Waals surface area (Å²) < 4.78 is 20.1. The molecule has 0 saturated carbocycles. The first-order valence-electron chi connectivity index (χ1n) is 11.7. The van der Waals surface area contributed by atoms with Gasteiger partial charge in [-0.25, -0.2) is 4.39 Å². The Hall–Kier alpha value is -3.42. The number of halogens is 1. The number of fused-ring (bicyclic) bond motifs is 1. The number of carbonyl (C=O) groups excluding carboxylic acids is 2. The highest BCUT2D eigenvalue weighted by atomic mass is 19.1. The van der Waals surface area contributed by atoms with Crippen molar-refractivity contribution in [3.8, 4) is 5.75 Å². The lowest BCUT2D eigenvalue weighted by molar-refractivity contribution is -0.131. The summed E-state index contributed by atoms with van der Waals surface area (Å²) >= 11 is 0. The second-order valence-corrected chi connectivity index (χ2v) is 9.34. The van der Waals surface area contributed by atoms with E-state index in [1.165, 1.54) is 17.0 Å². The van der Waals surface area contributed by atoms with Crippen LogP contribution in [-0.4, -0.2) is 34.8 Å². The van der Waals surface area contributed by atoms with Crippen LogP contribution in [0.1, 0.15) is 67.6 Å². The van der Waals surface area contributed by atoms with E-state index in [4.69, 9.17) is 10.1 Å². The predicted molar refractivity (Wildman–Crippen MR) is 127 cm³/mol. The van der Waals surface area contributed by atoms with Gasteiger partial charge in [-0.1, -0.05) is 39.0 Å². The lowest BCUT2D eigenvalue weighted by Gasteiger charge is -2.45. The van der Waals surface area contributed by atoms with Gasteiger partial charge in [0.25, 0.3) is 5.91 Å². The number of guanidine groups is 1. The van der Waals surface area contributed by atoms with Crippen LogP contribution in [0.15, 0.2) is 42.5 Å². The van der Waals surface area contributed by atoms with Gasteiger partial charge in [0.2, 0.25) is 5.91 Å². The molecule has 2 atom stereocenters. The summed E-state index contributed by atoms with van der Waals surface area (Å²) in [5, 5.41) is 14.6. The number of rotatable bonds is 6. The molecule has 0 aliphatic carbocycles. The van der Waals surface area contributed by atoms with Crippen LogP contribution in [0.3, 0.4) is 0 Å². The SMILES string of the molecule is CC[C@]1(C(C)C)CC(=O)N(Cc2cc(F)cc(C(=O)N[C@H]3CCOc4ccccc43)c2)C(=N)N1. The molecule has 34 heavy (non-hydrogen) atoms. The molecular formula is C26H31FN4O3. The molecule has 0 aromatic heterocycles. The van der Waals surface area contributed by atoms with Crippen molar-refractivity contribution in [3.63, 3.8) is 0 Å². The number of benzene rings is 2. The molecule has 2 aromatic rings. The number of amides is 2. The third kappa shape index (κ3) is 4.62. The van der Waals surface area contributed by atoms with Gasteiger partial charge in [0.1, 0.15) is 11.6 Å². The first-order chi connectivity index (χ1) is 16.2. The van der Waals surface area contributed by atoms with Crippen LogP contribution in [0, 0.1) is 17.1 Å². The minimum atomic E-state index is -0.566. The van der Waals surface area contributed by atoms with E-state index in [0.29, 0.717) is 25.0 Å². The Labute approximate surface area is 199 Å². The second-order valence-electron chi connectivity index (χ2n) is 9.34. The zero-order chi connectivity index (χ0) is 24.5. The second kappa shape index (κ2) is 9.44. The van der Waals surface area contributed by atoms with Crippen LogP contribution in [0.25, 0.3) is 0 Å². The first kappa shape index (κ1) is 23.7. The maximum absolute atomic E-state index is 14.5. The van der Waals surface area contributed by atoms with Gasteiger partial charge in [-0.15, -0.1) is 0 Å². The van der Waals surface area contributed by atoms with Crippen molar-refractivity contribution in [1.82, 2.24) is 15.5 Å². The largest absolute Gasteiger partial charge is 0.493 e. The molecule has 0 radical (unpaired) electrons. The molecule has 0 unspecified atom stereocenters. The fourth-order valence-corrected chi connectivity index (χ4v) is 4.76. The Morgan fingerprint density at radius 3 is 2.79 bits per heavy atom. The Morgan fingerprint density at radius 1 is 1.32 bits per heavy atom. The van der Waals surface area contributed by atoms with E-state index in [0.717, 1.165) is 11.3 Å². The molecule has 4 rings (SSSR count). The minimum absolute atomic E-state index is 0.000811. The van der Waals surface area contributed by atoms with Crippen LogP contribution in [-0.2, 0) is 11.3 Å². The summed E-state index contributed by atoms with van der Waals surface area (Å²) in [5.74, 6) is -0.245. The zero-order valence-corrected chi connectivity index (χ0v) is 19.8. The predicted octanol–water partition coefficient (Wildman–Crippen LogP) is 4.14. The highest BCUT2D eigenvalue weighted by molar-refractivity contribution is 5.99. The molecule has 3 N–H and O–H groups in total. The molecule has 8 heteroatoms. The average Bonchev–Trinajstić information content (AvgIpc) is 2.81. The molecule has 2 aliphatic rings. The molecule has 2 heterocycles. The maximum Gasteiger partial charge on any atom is 0.251 e. The Kier molecular flexibility index (Phi) is 6.59. The molecule has 0 bridgehead atoms. The van der Waals surface area contributed by atoms with E-state index in [2.05, 4.69) is 10.6 Å². The van der Waals surface area contributed by atoms with Crippen molar-refractivity contribution in [3.05, 3.63) is 65.0 Å². The molecular weight excluding hydrogens is 435 g/mol. The summed E-state index contributed by atoms with van der Waals surface area (Å²) in [5.41, 5.74) is 1.05. The van der Waals surface area contributed by atoms with Crippen molar-refractivity contribution < 1.29 is 18.7 Å². The van der Waals surface area contributed by atoms with Gasteiger partial charge in [0.05, 0.1) is 31.2 Å². The Bertz CT molecular complexity index is 1100. The van der Waals surface area contributed by atoms with E-state index >= 15 is 0 Å². The van der Waals surface area contributed by atoms with Crippen LogP contribution in [0.2, 0.25) is 0 Å². The molecule has 1 fully saturated rings. The number of nitrogens with one attached hydrogen (secondary N) is 3. The molecule has 2 aliphatic heterocycles. The van der Waals surface area contributed by atoms with Crippen LogP contribution in [0.5, 0.6) is 5.75 Å². The quantitative estimate of drug-likeness (QED) is 0.596. The molecule has 1 saturated heterocycles. The minimum Gasteiger partial charge on any atom is -0.493 e. The van der Waals surface area contributed by atoms with Gasteiger partial charge in [0.15, 0.2) is 5.96 Å². The van der Waals surface area contributed by atoms with Gasteiger partial charge in [-0.05, 0) is 42.2 Å². The zero-order valence-electron chi connectivity index (χ0n) is 19.8. The molecule has 2 aromatic carbocycles. The van der Waals surface area contributed by atoms with Crippen LogP contribution < -0.4 is 15.4 Å². The summed E-state index contributed by atoms with van der Waals surface area (Å²) in [6, 6.07) is 11.4. The van der Waals surface area contributed by atoms with E-state index in [-0.39, 0.29) is 42.4 Å². The number of nitrogens with zero attached hydrogens (tertiary/aromatic N) is 1. The monoisotopic (exact) mass is 466 g/mol. The van der Waals surface area contributed by atoms with Crippen molar-refractivity contribution in [2.24, 2.45) is 5.92 Å². The summed E-state index contributed by atoms with van der Waals surface area (Å²) in [4.78, 5) is 27.2. The average molecular weight is 467 g/mol. The maximum atomic E-state index is 14.5. The van der Waals surface area contributed by atoms with Gasteiger partial charge in [-0.3, -0.25) is 19.9 Å². The summed E-state index contributed by atoms with van der Waals surface area (Å²) in [7, 11) is 0. The number of hydrogen-bond acceptors (Lipinski definition) is 4. The van der Waals surface area contributed by atoms with Crippen molar-refractivity contribution in [1.29, 1.82) is 5.41 Å². The van der Waals surface area contributed by atoms with E-state index < -0.39 is 17.3 Å². The molecule has 2 amide bonds. The number of hydrogen-bond donors (Lipinski definition) is 3. The van der Waals surface area contributed by atoms with Crippen LogP contribution >= 0.6 is 0 Å².